The Balaban J connectivity index is 2.16. The first-order chi connectivity index (χ1) is 13.0. The lowest BCUT2D eigenvalue weighted by molar-refractivity contribution is 0.301. The predicted octanol–water partition coefficient (Wildman–Crippen LogP) is 6.98. The highest BCUT2D eigenvalue weighted by Crippen LogP contribution is 2.43. The van der Waals surface area contributed by atoms with Crippen molar-refractivity contribution in [2.24, 2.45) is 0 Å². The Bertz CT molecular complexity index is 804. The molecule has 1 aliphatic rings. The van der Waals surface area contributed by atoms with Crippen LogP contribution in [0.2, 0.25) is 0 Å². The molecular formula is C25H32NO. The Kier molecular flexibility index (Phi) is 6.26. The van der Waals surface area contributed by atoms with Crippen LogP contribution in [0.5, 0.6) is 5.75 Å². The first-order valence-corrected chi connectivity index (χ1v) is 10.3. The van der Waals surface area contributed by atoms with Gasteiger partial charge in [-0.25, -0.2) is 0 Å². The van der Waals surface area contributed by atoms with Crippen molar-refractivity contribution in [3.05, 3.63) is 70.9 Å². The quantitative estimate of drug-likeness (QED) is 0.536. The maximum absolute atomic E-state index is 6.41. The summed E-state index contributed by atoms with van der Waals surface area (Å²) in [6, 6.07) is 14.1. The molecule has 3 rings (SSSR count). The Morgan fingerprint density at radius 2 is 1.93 bits per heavy atom. The number of allylic oxidation sites excluding steroid dienone is 1. The lowest BCUT2D eigenvalue weighted by atomic mass is 9.83. The molecule has 1 radical (unpaired) electrons. The van der Waals surface area contributed by atoms with Gasteiger partial charge in [-0.15, -0.1) is 0 Å². The van der Waals surface area contributed by atoms with Crippen LogP contribution >= 0.6 is 0 Å². The van der Waals surface area contributed by atoms with E-state index in [1.54, 1.807) is 0 Å². The highest BCUT2D eigenvalue weighted by molar-refractivity contribution is 5.63. The molecule has 1 aliphatic heterocycles. The van der Waals surface area contributed by atoms with Gasteiger partial charge in [0.05, 0.1) is 6.61 Å². The van der Waals surface area contributed by atoms with Crippen LogP contribution in [0, 0.1) is 6.07 Å². The van der Waals surface area contributed by atoms with Crippen molar-refractivity contribution >= 4 is 5.69 Å². The maximum atomic E-state index is 6.41. The number of fused-ring (bicyclic) bond motifs is 1. The second-order valence-electron chi connectivity index (χ2n) is 8.03. The molecule has 0 amide bonds. The lowest BCUT2D eigenvalue weighted by Crippen LogP contribution is -2.12. The molecule has 2 aromatic carbocycles. The molecule has 1 N–H and O–H groups in total. The standard InChI is InChI=1S/C25H32NO/c1-6-7-14-27-25-22(18(4)5)15-19(17(2)3)16-23(25)20-12-13-26-24-11-9-8-10-21(20)24/h9-13,15-18,20,26H,6-7,14H2,1-5H3. The van der Waals surface area contributed by atoms with Gasteiger partial charge < -0.3 is 10.1 Å². The molecule has 1 unspecified atom stereocenters. The second-order valence-corrected chi connectivity index (χ2v) is 8.03. The summed E-state index contributed by atoms with van der Waals surface area (Å²) in [5.74, 6) is 2.17. The van der Waals surface area contributed by atoms with Crippen molar-refractivity contribution in [1.82, 2.24) is 0 Å². The average Bonchev–Trinajstić information content (AvgIpc) is 2.67. The Morgan fingerprint density at radius 3 is 2.63 bits per heavy atom. The molecule has 2 heteroatoms. The van der Waals surface area contributed by atoms with E-state index in [1.165, 1.54) is 22.3 Å². The number of rotatable bonds is 7. The largest absolute Gasteiger partial charge is 0.493 e. The molecular weight excluding hydrogens is 330 g/mol. The summed E-state index contributed by atoms with van der Waals surface area (Å²) >= 11 is 0. The zero-order valence-corrected chi connectivity index (χ0v) is 17.3. The molecule has 1 heterocycles. The third-order valence-corrected chi connectivity index (χ3v) is 5.30. The van der Waals surface area contributed by atoms with Crippen molar-refractivity contribution < 1.29 is 4.74 Å². The van der Waals surface area contributed by atoms with Gasteiger partial charge in [-0.05, 0) is 59.3 Å². The van der Waals surface area contributed by atoms with Crippen molar-refractivity contribution in [2.75, 3.05) is 11.9 Å². The molecule has 0 aromatic heterocycles. The number of unbranched alkanes of at least 4 members (excludes halogenated alkanes) is 1. The SMILES string of the molecule is CCCCOc1c(C(C)C)cc(C(C)C)cc1C1C=CNc2cc[c]cc21. The van der Waals surface area contributed by atoms with Crippen LogP contribution in [0.25, 0.3) is 0 Å². The van der Waals surface area contributed by atoms with Crippen molar-refractivity contribution in [3.63, 3.8) is 0 Å². The first-order valence-electron chi connectivity index (χ1n) is 10.3. The number of ether oxygens (including phenoxy) is 1. The highest BCUT2D eigenvalue weighted by atomic mass is 16.5. The zero-order chi connectivity index (χ0) is 19.4. The third-order valence-electron chi connectivity index (χ3n) is 5.30. The number of hydrogen-bond donors (Lipinski definition) is 1. The Hall–Kier alpha value is -2.22. The monoisotopic (exact) mass is 362 g/mol. The molecule has 0 saturated carbocycles. The highest BCUT2D eigenvalue weighted by Gasteiger charge is 2.25. The predicted molar refractivity (Wildman–Crippen MR) is 115 cm³/mol. The molecule has 0 aliphatic carbocycles. The number of hydrogen-bond acceptors (Lipinski definition) is 2. The molecule has 27 heavy (non-hydrogen) atoms. The molecule has 0 spiro atoms. The molecule has 0 fully saturated rings. The van der Waals surface area contributed by atoms with Gasteiger partial charge in [-0.1, -0.05) is 65.3 Å². The Labute approximate surface area is 164 Å². The van der Waals surface area contributed by atoms with E-state index in [9.17, 15) is 0 Å². The summed E-state index contributed by atoms with van der Waals surface area (Å²) in [6.07, 6.45) is 6.52. The minimum atomic E-state index is 0.187. The maximum Gasteiger partial charge on any atom is 0.126 e. The van der Waals surface area contributed by atoms with Crippen LogP contribution in [-0.4, -0.2) is 6.61 Å². The van der Waals surface area contributed by atoms with E-state index in [0.29, 0.717) is 11.8 Å². The van der Waals surface area contributed by atoms with Gasteiger partial charge in [0.15, 0.2) is 0 Å². The van der Waals surface area contributed by atoms with Crippen molar-refractivity contribution in [1.29, 1.82) is 0 Å². The van der Waals surface area contributed by atoms with Crippen LogP contribution in [-0.2, 0) is 0 Å². The van der Waals surface area contributed by atoms with Gasteiger partial charge in [0, 0.05) is 17.2 Å². The van der Waals surface area contributed by atoms with E-state index in [4.69, 9.17) is 4.74 Å². The van der Waals surface area contributed by atoms with E-state index in [-0.39, 0.29) is 5.92 Å². The van der Waals surface area contributed by atoms with Crippen LogP contribution < -0.4 is 10.1 Å². The molecule has 0 saturated heterocycles. The fourth-order valence-electron chi connectivity index (χ4n) is 3.62. The van der Waals surface area contributed by atoms with Crippen molar-refractivity contribution in [3.8, 4) is 5.75 Å². The zero-order valence-electron chi connectivity index (χ0n) is 17.3. The number of nitrogens with one attached hydrogen (secondary N) is 1. The lowest BCUT2D eigenvalue weighted by Gasteiger charge is -2.27. The van der Waals surface area contributed by atoms with E-state index in [2.05, 4.69) is 82.5 Å². The van der Waals surface area contributed by atoms with Crippen LogP contribution in [0.15, 0.2) is 42.6 Å². The van der Waals surface area contributed by atoms with Gasteiger partial charge in [0.25, 0.3) is 0 Å². The number of anilines is 1. The van der Waals surface area contributed by atoms with E-state index in [1.807, 2.05) is 6.07 Å². The van der Waals surface area contributed by atoms with Gasteiger partial charge >= 0.3 is 0 Å². The van der Waals surface area contributed by atoms with Gasteiger partial charge in [-0.2, -0.15) is 0 Å². The smallest absolute Gasteiger partial charge is 0.126 e. The summed E-state index contributed by atoms with van der Waals surface area (Å²) in [6.45, 7) is 12.0. The van der Waals surface area contributed by atoms with Crippen molar-refractivity contribution in [2.45, 2.75) is 65.2 Å². The Morgan fingerprint density at radius 1 is 1.11 bits per heavy atom. The first kappa shape index (κ1) is 19.5. The van der Waals surface area contributed by atoms with Gasteiger partial charge in [0.2, 0.25) is 0 Å². The fraction of sp³-hybridized carbons (Fsp3) is 0.440. The fourth-order valence-corrected chi connectivity index (χ4v) is 3.62. The van der Waals surface area contributed by atoms with Crippen LogP contribution in [0.1, 0.15) is 87.5 Å². The number of benzene rings is 2. The molecule has 2 nitrogen and oxygen atoms in total. The minimum Gasteiger partial charge on any atom is -0.493 e. The minimum absolute atomic E-state index is 0.187. The summed E-state index contributed by atoms with van der Waals surface area (Å²) in [5.41, 5.74) is 6.39. The van der Waals surface area contributed by atoms with Gasteiger partial charge in [-0.3, -0.25) is 0 Å². The van der Waals surface area contributed by atoms with Gasteiger partial charge in [0.1, 0.15) is 5.75 Å². The topological polar surface area (TPSA) is 21.3 Å². The van der Waals surface area contributed by atoms with E-state index >= 15 is 0 Å². The molecule has 2 aromatic rings. The molecule has 143 valence electrons. The van der Waals surface area contributed by atoms with Crippen LogP contribution in [0.4, 0.5) is 5.69 Å². The third kappa shape index (κ3) is 4.21. The van der Waals surface area contributed by atoms with E-state index < -0.39 is 0 Å². The second kappa shape index (κ2) is 8.65. The normalized spacial score (nSPS) is 15.7. The summed E-state index contributed by atoms with van der Waals surface area (Å²) in [5, 5.41) is 3.37. The summed E-state index contributed by atoms with van der Waals surface area (Å²) in [4.78, 5) is 0. The summed E-state index contributed by atoms with van der Waals surface area (Å²) in [7, 11) is 0. The average molecular weight is 363 g/mol. The molecule has 1 atom stereocenters. The van der Waals surface area contributed by atoms with E-state index in [0.717, 1.165) is 30.9 Å². The molecule has 0 bridgehead atoms. The summed E-state index contributed by atoms with van der Waals surface area (Å²) < 4.78 is 6.41. The van der Waals surface area contributed by atoms with Crippen LogP contribution in [0.3, 0.4) is 0 Å².